The number of carbonyl (C=O) groups is 2. The Morgan fingerprint density at radius 1 is 1.17 bits per heavy atom. The summed E-state index contributed by atoms with van der Waals surface area (Å²) in [7, 11) is 0. The number of aliphatic carboxylic acids is 1. The van der Waals surface area contributed by atoms with Gasteiger partial charge in [0.25, 0.3) is 0 Å². The molecule has 0 saturated heterocycles. The summed E-state index contributed by atoms with van der Waals surface area (Å²) in [5, 5.41) is 11.5. The second-order valence-electron chi connectivity index (χ2n) is 4.24. The van der Waals surface area contributed by atoms with Gasteiger partial charge in [-0.05, 0) is 26.9 Å². The van der Waals surface area contributed by atoms with Crippen molar-refractivity contribution in [3.63, 3.8) is 0 Å². The van der Waals surface area contributed by atoms with Gasteiger partial charge in [-0.1, -0.05) is 13.8 Å². The smallest absolute Gasteiger partial charge is 0.323 e. The molecule has 0 spiro atoms. The number of hydrogen-bond donors (Lipinski definition) is 2. The van der Waals surface area contributed by atoms with Gasteiger partial charge in [0.15, 0.2) is 0 Å². The molecule has 0 radical (unpaired) electrons. The van der Waals surface area contributed by atoms with Gasteiger partial charge in [0, 0.05) is 19.1 Å². The van der Waals surface area contributed by atoms with Crippen LogP contribution in [0.5, 0.6) is 0 Å². The zero-order chi connectivity index (χ0) is 14.1. The van der Waals surface area contributed by atoms with Crippen LogP contribution >= 0.6 is 0 Å². The van der Waals surface area contributed by atoms with E-state index in [1.54, 1.807) is 6.92 Å². The summed E-state index contributed by atoms with van der Waals surface area (Å²) in [6.45, 7) is 10.6. The molecule has 6 nitrogen and oxygen atoms in total. The van der Waals surface area contributed by atoms with E-state index in [9.17, 15) is 9.59 Å². The lowest BCUT2D eigenvalue weighted by Crippen LogP contribution is -2.49. The van der Waals surface area contributed by atoms with Crippen LogP contribution in [0.4, 0.5) is 4.79 Å². The fraction of sp³-hybridized carbons (Fsp3) is 0.833. The van der Waals surface area contributed by atoms with E-state index in [0.717, 1.165) is 19.6 Å². The predicted octanol–water partition coefficient (Wildman–Crippen LogP) is 0.833. The zero-order valence-electron chi connectivity index (χ0n) is 11.8. The van der Waals surface area contributed by atoms with Crippen molar-refractivity contribution in [1.29, 1.82) is 0 Å². The van der Waals surface area contributed by atoms with Gasteiger partial charge in [0.05, 0.1) is 0 Å². The van der Waals surface area contributed by atoms with E-state index in [1.807, 2.05) is 6.92 Å². The highest BCUT2D eigenvalue weighted by Gasteiger charge is 2.17. The first-order valence-corrected chi connectivity index (χ1v) is 6.44. The average Bonchev–Trinajstić information content (AvgIpc) is 2.32. The molecule has 0 aromatic heterocycles. The molecule has 2 amide bonds. The zero-order valence-corrected chi connectivity index (χ0v) is 11.8. The van der Waals surface area contributed by atoms with E-state index in [4.69, 9.17) is 5.11 Å². The Morgan fingerprint density at radius 2 is 1.72 bits per heavy atom. The second-order valence-corrected chi connectivity index (χ2v) is 4.24. The first-order valence-electron chi connectivity index (χ1n) is 6.44. The van der Waals surface area contributed by atoms with Crippen molar-refractivity contribution < 1.29 is 14.7 Å². The Balaban J connectivity index is 4.22. The Bertz CT molecular complexity index is 267. The maximum atomic E-state index is 11.8. The van der Waals surface area contributed by atoms with Crippen LogP contribution in [0.1, 0.15) is 27.7 Å². The molecule has 106 valence electrons. The molecular weight excluding hydrogens is 234 g/mol. The van der Waals surface area contributed by atoms with E-state index < -0.39 is 5.97 Å². The van der Waals surface area contributed by atoms with Gasteiger partial charge < -0.3 is 20.2 Å². The Kier molecular flexibility index (Phi) is 8.11. The monoisotopic (exact) mass is 259 g/mol. The third-order valence-corrected chi connectivity index (χ3v) is 2.79. The molecule has 2 N–H and O–H groups in total. The number of carboxylic acids is 1. The molecule has 0 fully saturated rings. The van der Waals surface area contributed by atoms with Gasteiger partial charge in [-0.15, -0.1) is 0 Å². The van der Waals surface area contributed by atoms with Crippen LogP contribution in [0.3, 0.4) is 0 Å². The van der Waals surface area contributed by atoms with Crippen LogP contribution < -0.4 is 5.32 Å². The minimum atomic E-state index is -0.997. The number of nitrogens with one attached hydrogen (secondary N) is 1. The summed E-state index contributed by atoms with van der Waals surface area (Å²) in [5.41, 5.74) is 0. The third-order valence-electron chi connectivity index (χ3n) is 2.79. The maximum Gasteiger partial charge on any atom is 0.323 e. The molecule has 1 atom stereocenters. The van der Waals surface area contributed by atoms with E-state index in [1.165, 1.54) is 4.90 Å². The first-order chi connectivity index (χ1) is 8.44. The Morgan fingerprint density at radius 3 is 2.11 bits per heavy atom. The SMILES string of the molecule is CCN(CC)CC(C)NC(=O)N(CC)CC(=O)O. The van der Waals surface area contributed by atoms with Gasteiger partial charge in [0.1, 0.15) is 6.54 Å². The molecule has 0 aromatic rings. The van der Waals surface area contributed by atoms with E-state index in [2.05, 4.69) is 24.1 Å². The topological polar surface area (TPSA) is 72.9 Å². The quantitative estimate of drug-likeness (QED) is 0.677. The lowest BCUT2D eigenvalue weighted by Gasteiger charge is -2.26. The minimum absolute atomic E-state index is 0.000227. The van der Waals surface area contributed by atoms with Crippen LogP contribution in [0.25, 0.3) is 0 Å². The predicted molar refractivity (Wildman–Crippen MR) is 70.7 cm³/mol. The molecule has 1 unspecified atom stereocenters. The van der Waals surface area contributed by atoms with Crippen molar-refractivity contribution in [2.24, 2.45) is 0 Å². The van der Waals surface area contributed by atoms with Crippen molar-refractivity contribution in [3.8, 4) is 0 Å². The molecule has 0 aromatic carbocycles. The molecule has 0 bridgehead atoms. The highest BCUT2D eigenvalue weighted by molar-refractivity contribution is 5.80. The molecule has 18 heavy (non-hydrogen) atoms. The second kappa shape index (κ2) is 8.74. The molecule has 0 saturated carbocycles. The maximum absolute atomic E-state index is 11.8. The van der Waals surface area contributed by atoms with Gasteiger partial charge in [-0.2, -0.15) is 0 Å². The summed E-state index contributed by atoms with van der Waals surface area (Å²) in [4.78, 5) is 25.9. The number of likely N-dealkylation sites (N-methyl/N-ethyl adjacent to an activating group) is 2. The first kappa shape index (κ1) is 16.7. The van der Waals surface area contributed by atoms with E-state index in [-0.39, 0.29) is 18.6 Å². The van der Waals surface area contributed by atoms with E-state index in [0.29, 0.717) is 6.54 Å². The van der Waals surface area contributed by atoms with E-state index >= 15 is 0 Å². The highest BCUT2D eigenvalue weighted by Crippen LogP contribution is 1.95. The summed E-state index contributed by atoms with van der Waals surface area (Å²) in [5.74, 6) is -0.997. The molecule has 0 heterocycles. The number of nitrogens with zero attached hydrogens (tertiary/aromatic N) is 2. The van der Waals surface area contributed by atoms with Crippen LogP contribution in [0, 0.1) is 0 Å². The molecule has 0 aliphatic heterocycles. The minimum Gasteiger partial charge on any atom is -0.480 e. The normalized spacial score (nSPS) is 12.3. The Labute approximate surface area is 109 Å². The van der Waals surface area contributed by atoms with Gasteiger partial charge in [0.2, 0.25) is 0 Å². The lowest BCUT2D eigenvalue weighted by atomic mass is 10.3. The number of hydrogen-bond acceptors (Lipinski definition) is 3. The van der Waals surface area contributed by atoms with Crippen LogP contribution in [0.2, 0.25) is 0 Å². The van der Waals surface area contributed by atoms with Crippen molar-refractivity contribution in [1.82, 2.24) is 15.1 Å². The molecule has 0 rings (SSSR count). The number of rotatable bonds is 8. The molecule has 0 aliphatic carbocycles. The van der Waals surface area contributed by atoms with Crippen LogP contribution in [0.15, 0.2) is 0 Å². The molecular formula is C12H25N3O3. The lowest BCUT2D eigenvalue weighted by molar-refractivity contribution is -0.137. The summed E-state index contributed by atoms with van der Waals surface area (Å²) in [6.07, 6.45) is 0. The summed E-state index contributed by atoms with van der Waals surface area (Å²) >= 11 is 0. The fourth-order valence-corrected chi connectivity index (χ4v) is 1.71. The van der Waals surface area contributed by atoms with Gasteiger partial charge in [-0.25, -0.2) is 4.79 Å². The summed E-state index contributed by atoms with van der Waals surface area (Å²) < 4.78 is 0. The van der Waals surface area contributed by atoms with Crippen molar-refractivity contribution in [2.45, 2.75) is 33.7 Å². The molecule has 6 heteroatoms. The number of amides is 2. The average molecular weight is 259 g/mol. The van der Waals surface area contributed by atoms with Crippen molar-refractivity contribution in [3.05, 3.63) is 0 Å². The number of urea groups is 1. The number of carbonyl (C=O) groups excluding carboxylic acids is 1. The standard InChI is InChI=1S/C12H25N3O3/c1-5-14(6-2)8-10(4)13-12(18)15(7-3)9-11(16)17/h10H,5-9H2,1-4H3,(H,13,18)(H,16,17). The fourth-order valence-electron chi connectivity index (χ4n) is 1.71. The third kappa shape index (κ3) is 6.44. The largest absolute Gasteiger partial charge is 0.480 e. The Hall–Kier alpha value is -1.30. The highest BCUT2D eigenvalue weighted by atomic mass is 16.4. The van der Waals surface area contributed by atoms with Crippen molar-refractivity contribution in [2.75, 3.05) is 32.7 Å². The molecule has 0 aliphatic rings. The van der Waals surface area contributed by atoms with Gasteiger partial charge >= 0.3 is 12.0 Å². The van der Waals surface area contributed by atoms with Gasteiger partial charge in [-0.3, -0.25) is 4.79 Å². The van der Waals surface area contributed by atoms with Crippen molar-refractivity contribution >= 4 is 12.0 Å². The van der Waals surface area contributed by atoms with Crippen LogP contribution in [-0.4, -0.2) is 65.7 Å². The van der Waals surface area contributed by atoms with Crippen LogP contribution in [-0.2, 0) is 4.79 Å². The number of carboxylic acid groups (broad SMARTS) is 1. The summed E-state index contributed by atoms with van der Waals surface area (Å²) in [6, 6.07) is -0.320.